The van der Waals surface area contributed by atoms with Crippen LogP contribution in [-0.4, -0.2) is 211 Å². The van der Waals surface area contributed by atoms with Crippen molar-refractivity contribution in [3.63, 3.8) is 0 Å². The quantitative estimate of drug-likeness (QED) is 0.0389. The van der Waals surface area contributed by atoms with Gasteiger partial charge >= 0.3 is 29.9 Å². The predicted molar refractivity (Wildman–Crippen MR) is 271 cm³/mol. The van der Waals surface area contributed by atoms with E-state index in [4.69, 9.17) is 14.6 Å². The Bertz CT molecular complexity index is 2310. The zero-order chi connectivity index (χ0) is 55.1. The molecule has 1 heterocycles. The summed E-state index contributed by atoms with van der Waals surface area (Å²) in [5.74, 6) is -5.97. The largest absolute Gasteiger partial charge is 0.481 e. The van der Waals surface area contributed by atoms with Crippen LogP contribution in [0.2, 0.25) is 0 Å². The Hall–Kier alpha value is -6.96. The second kappa shape index (κ2) is 30.0. The molecule has 418 valence electrons. The number of hydrogen-bond donors (Lipinski definition) is 9. The van der Waals surface area contributed by atoms with Crippen LogP contribution in [-0.2, 0) is 59.0 Å². The van der Waals surface area contributed by atoms with Gasteiger partial charge < -0.3 is 56.5 Å². The molecule has 0 spiro atoms. The van der Waals surface area contributed by atoms with Crippen molar-refractivity contribution in [1.82, 2.24) is 46.2 Å². The van der Waals surface area contributed by atoms with Gasteiger partial charge in [-0.25, -0.2) is 14.4 Å². The third-order valence-electron chi connectivity index (χ3n) is 14.8. The Labute approximate surface area is 440 Å². The third kappa shape index (κ3) is 19.3. The van der Waals surface area contributed by atoms with Crippen molar-refractivity contribution in [3.8, 4) is 0 Å². The lowest BCUT2D eigenvalue weighted by molar-refractivity contribution is -0.143. The van der Waals surface area contributed by atoms with Gasteiger partial charge in [0.1, 0.15) is 31.6 Å². The second-order valence-corrected chi connectivity index (χ2v) is 20.1. The summed E-state index contributed by atoms with van der Waals surface area (Å²) in [4.78, 5) is 130. The molecule has 2 aromatic rings. The fourth-order valence-electron chi connectivity index (χ4n) is 10.1. The fourth-order valence-corrected chi connectivity index (χ4v) is 10.1. The maximum absolute atomic E-state index is 14.4. The number of benzene rings is 2. The lowest BCUT2D eigenvalue weighted by Crippen LogP contribution is -2.57. The maximum atomic E-state index is 14.4. The van der Waals surface area contributed by atoms with Gasteiger partial charge in [0, 0.05) is 83.7 Å². The number of urea groups is 1. The monoisotopic (exact) mass is 1070 g/mol. The van der Waals surface area contributed by atoms with E-state index in [1.807, 2.05) is 57.2 Å². The van der Waals surface area contributed by atoms with Crippen LogP contribution in [0.4, 0.5) is 4.79 Å². The maximum Gasteiger partial charge on any atom is 0.326 e. The summed E-state index contributed by atoms with van der Waals surface area (Å²) < 4.78 is 10.0. The summed E-state index contributed by atoms with van der Waals surface area (Å²) in [5.41, 5.74) is -0.132. The number of carboxylic acids is 4. The van der Waals surface area contributed by atoms with E-state index in [-0.39, 0.29) is 69.6 Å². The van der Waals surface area contributed by atoms with Gasteiger partial charge in [0.25, 0.3) is 12.9 Å². The number of aliphatic carboxylic acids is 4. The standard InChI is InChI=1S/C51H73N9O16/c61-34-75-32-59-23-21-57(19-20-58(30-44(66)67)22-24-60(26-25-59)33-76-35-62)29-42(63)53-31-50-12-15-51(16-13-50,17-14-50)48(73)54-41(28-36-8-9-37-5-1-2-6-38(37)27-36)45(68)52-18-4-3-7-39(46(69)70)55-49(74)56-40(47(71)72)10-11-43(64)65/h1-2,5-6,8-9,27,34-35,39-41H,3-4,7,10-26,28-33H2,(H,52,68)(H,53,63)(H,54,73)(H,64,65)(H,66,67)(H,69,70)(H,71,72)(H2,55,56,74)/t39?,40-,41-,50?,51?/m0/s1. The van der Waals surface area contributed by atoms with Crippen LogP contribution in [0.1, 0.15) is 76.2 Å². The van der Waals surface area contributed by atoms with Crippen LogP contribution in [0.3, 0.4) is 0 Å². The highest BCUT2D eigenvalue weighted by Gasteiger charge is 2.52. The molecule has 1 unspecified atom stereocenters. The first-order valence-electron chi connectivity index (χ1n) is 25.7. The highest BCUT2D eigenvalue weighted by molar-refractivity contribution is 5.91. The van der Waals surface area contributed by atoms with E-state index in [9.17, 15) is 63.3 Å². The minimum atomic E-state index is -1.55. The van der Waals surface area contributed by atoms with Crippen LogP contribution < -0.4 is 26.6 Å². The lowest BCUT2D eigenvalue weighted by atomic mass is 9.53. The van der Waals surface area contributed by atoms with E-state index in [2.05, 4.69) is 26.6 Å². The number of rotatable bonds is 29. The number of fused-ring (bicyclic) bond motifs is 4. The molecule has 2 bridgehead atoms. The van der Waals surface area contributed by atoms with Crippen molar-refractivity contribution in [1.29, 1.82) is 0 Å². The molecule has 9 N–H and O–H groups in total. The van der Waals surface area contributed by atoms with Gasteiger partial charge in [0.2, 0.25) is 17.7 Å². The molecule has 3 saturated carbocycles. The second-order valence-electron chi connectivity index (χ2n) is 20.1. The van der Waals surface area contributed by atoms with Crippen molar-refractivity contribution in [3.05, 3.63) is 48.0 Å². The zero-order valence-electron chi connectivity index (χ0n) is 42.8. The molecule has 25 nitrogen and oxygen atoms in total. The van der Waals surface area contributed by atoms with Gasteiger partial charge in [-0.3, -0.25) is 53.2 Å². The SMILES string of the molecule is O=COCN1CCN(COC=O)CCN(CC(=O)NCC23CCC(C(=O)N[C@@H](Cc4ccc5ccccc5c4)C(=O)NCCCCC(NC(=O)N[C@@H](CCC(=O)O)C(=O)O)C(=O)O)(CC2)CC3)CCN(CC(=O)O)CC1. The van der Waals surface area contributed by atoms with Crippen LogP contribution in [0.15, 0.2) is 42.5 Å². The van der Waals surface area contributed by atoms with Crippen molar-refractivity contribution < 1.29 is 77.8 Å². The lowest BCUT2D eigenvalue weighted by Gasteiger charge is -2.52. The minimum Gasteiger partial charge on any atom is -0.481 e. The molecule has 6 rings (SSSR count). The predicted octanol–water partition coefficient (Wildman–Crippen LogP) is 0.248. The number of carbonyl (C=O) groups excluding carboxylic acids is 6. The highest BCUT2D eigenvalue weighted by atomic mass is 16.5. The summed E-state index contributed by atoms with van der Waals surface area (Å²) in [6.07, 6.45) is 3.42. The van der Waals surface area contributed by atoms with Gasteiger partial charge in [0.15, 0.2) is 0 Å². The smallest absolute Gasteiger partial charge is 0.326 e. The molecule has 25 heteroatoms. The topological polar surface area (TPSA) is 343 Å². The Morgan fingerprint density at radius 1 is 0.592 bits per heavy atom. The first-order chi connectivity index (χ1) is 36.4. The van der Waals surface area contributed by atoms with Crippen LogP contribution >= 0.6 is 0 Å². The molecule has 4 aliphatic rings. The van der Waals surface area contributed by atoms with Crippen molar-refractivity contribution in [2.24, 2.45) is 10.8 Å². The summed E-state index contributed by atoms with van der Waals surface area (Å²) >= 11 is 0. The molecule has 4 fully saturated rings. The molecule has 1 aliphatic heterocycles. The Balaban J connectivity index is 1.16. The summed E-state index contributed by atoms with van der Waals surface area (Å²) in [6, 6.07) is 8.61. The molecular formula is C51H73N9O16. The van der Waals surface area contributed by atoms with Crippen molar-refractivity contribution >= 4 is 71.3 Å². The van der Waals surface area contributed by atoms with E-state index in [1.165, 1.54) is 0 Å². The van der Waals surface area contributed by atoms with E-state index in [1.54, 1.807) is 4.90 Å². The number of amides is 5. The average Bonchev–Trinajstić information content (AvgIpc) is 3.40. The molecule has 0 radical (unpaired) electrons. The number of hydrogen-bond acceptors (Lipinski definition) is 16. The van der Waals surface area contributed by atoms with E-state index >= 15 is 0 Å². The highest BCUT2D eigenvalue weighted by Crippen LogP contribution is 2.56. The van der Waals surface area contributed by atoms with E-state index in [0.29, 0.717) is 117 Å². The number of carboxylic acid groups (broad SMARTS) is 4. The number of nitrogens with zero attached hydrogens (tertiary/aromatic N) is 4. The average molecular weight is 1070 g/mol. The molecule has 5 amide bonds. The summed E-state index contributed by atoms with van der Waals surface area (Å²) in [6.45, 7) is 4.32. The summed E-state index contributed by atoms with van der Waals surface area (Å²) in [7, 11) is 0. The van der Waals surface area contributed by atoms with Gasteiger partial charge in [-0.1, -0.05) is 42.5 Å². The molecule has 1 saturated heterocycles. The first-order valence-corrected chi connectivity index (χ1v) is 25.7. The number of nitrogens with one attached hydrogen (secondary N) is 5. The molecular weight excluding hydrogens is 995 g/mol. The van der Waals surface area contributed by atoms with Gasteiger partial charge in [-0.15, -0.1) is 0 Å². The number of carbonyl (C=O) groups is 10. The van der Waals surface area contributed by atoms with Crippen molar-refractivity contribution in [2.45, 2.75) is 95.2 Å². The molecule has 76 heavy (non-hydrogen) atoms. The van der Waals surface area contributed by atoms with Crippen LogP contribution in [0.25, 0.3) is 10.8 Å². The molecule has 3 atom stereocenters. The first kappa shape index (κ1) is 59.9. The Kier molecular flexibility index (Phi) is 23.6. The van der Waals surface area contributed by atoms with E-state index < -0.39 is 72.2 Å². The van der Waals surface area contributed by atoms with Gasteiger partial charge in [-0.2, -0.15) is 0 Å². The molecule has 2 aromatic carbocycles. The van der Waals surface area contributed by atoms with Crippen molar-refractivity contribution in [2.75, 3.05) is 92.0 Å². The van der Waals surface area contributed by atoms with Gasteiger partial charge in [-0.05, 0) is 86.0 Å². The third-order valence-corrected chi connectivity index (χ3v) is 14.8. The molecule has 0 aromatic heterocycles. The van der Waals surface area contributed by atoms with E-state index in [0.717, 1.165) is 16.3 Å². The van der Waals surface area contributed by atoms with Gasteiger partial charge in [0.05, 0.1) is 13.1 Å². The Morgan fingerprint density at radius 2 is 1.13 bits per heavy atom. The fraction of sp³-hybridized carbons (Fsp3) is 0.608. The normalized spacial score (nSPS) is 21.0. The zero-order valence-corrected chi connectivity index (χ0v) is 42.8. The van der Waals surface area contributed by atoms with Crippen LogP contribution in [0.5, 0.6) is 0 Å². The number of unbranched alkanes of at least 4 members (excludes halogenated alkanes) is 1. The molecule has 3 aliphatic carbocycles. The van der Waals surface area contributed by atoms with Crippen LogP contribution in [0, 0.1) is 10.8 Å². The summed E-state index contributed by atoms with van der Waals surface area (Å²) in [5, 5.41) is 53.0. The number of ether oxygens (including phenoxy) is 2. The minimum absolute atomic E-state index is 0.0156. The Morgan fingerprint density at radius 3 is 1.67 bits per heavy atom.